The van der Waals surface area contributed by atoms with Crippen molar-refractivity contribution in [3.63, 3.8) is 0 Å². The van der Waals surface area contributed by atoms with Crippen molar-refractivity contribution in [2.75, 3.05) is 19.8 Å². The number of carbonyl (C=O) groups is 1. The van der Waals surface area contributed by atoms with Gasteiger partial charge < -0.3 is 15.2 Å². The number of hydrogen-bond donors (Lipinski definition) is 2. The number of aliphatic hydroxyl groups is 1. The Balaban J connectivity index is 1.92. The summed E-state index contributed by atoms with van der Waals surface area (Å²) in [6.07, 6.45) is 2.68. The Labute approximate surface area is 129 Å². The van der Waals surface area contributed by atoms with E-state index in [1.54, 1.807) is 0 Å². The fraction of sp³-hybridized carbons (Fsp3) is 0.562. The number of rotatable bonds is 5. The van der Waals surface area contributed by atoms with Crippen LogP contribution in [0, 0.1) is 17.8 Å². The van der Waals surface area contributed by atoms with Crippen molar-refractivity contribution in [2.24, 2.45) is 5.92 Å². The molecule has 4 nitrogen and oxygen atoms in total. The van der Waals surface area contributed by atoms with Crippen LogP contribution in [0.4, 0.5) is 0 Å². The van der Waals surface area contributed by atoms with E-state index in [-0.39, 0.29) is 18.6 Å². The number of amides is 1. The standard InChI is InChI=1S/C16H21NO3S/c1-2-14-13(6-9-20-14)11-17-16(19)15-12(7-10-21-15)5-3-4-8-18/h7,10,13-14,18H,2,4,6,8-9,11H2,1H3,(H,17,19). The largest absolute Gasteiger partial charge is 0.395 e. The predicted octanol–water partition coefficient (Wildman–Crippen LogP) is 2.03. The van der Waals surface area contributed by atoms with Crippen LogP contribution >= 0.6 is 11.3 Å². The van der Waals surface area contributed by atoms with E-state index in [0.29, 0.717) is 23.8 Å². The fourth-order valence-corrected chi connectivity index (χ4v) is 3.24. The van der Waals surface area contributed by atoms with E-state index in [0.717, 1.165) is 25.0 Å². The van der Waals surface area contributed by atoms with E-state index in [1.165, 1.54) is 11.3 Å². The van der Waals surface area contributed by atoms with E-state index < -0.39 is 0 Å². The average Bonchev–Trinajstić information content (AvgIpc) is 3.13. The molecule has 2 rings (SSSR count). The van der Waals surface area contributed by atoms with E-state index in [1.807, 2.05) is 11.4 Å². The maximum Gasteiger partial charge on any atom is 0.262 e. The molecule has 2 unspecified atom stereocenters. The topological polar surface area (TPSA) is 58.6 Å². The van der Waals surface area contributed by atoms with Gasteiger partial charge >= 0.3 is 0 Å². The molecule has 1 amide bonds. The van der Waals surface area contributed by atoms with Crippen molar-refractivity contribution in [3.05, 3.63) is 21.9 Å². The lowest BCUT2D eigenvalue weighted by atomic mass is 10.00. The quantitative estimate of drug-likeness (QED) is 0.818. The summed E-state index contributed by atoms with van der Waals surface area (Å²) in [7, 11) is 0. The first-order valence-corrected chi connectivity index (χ1v) is 8.21. The first-order valence-electron chi connectivity index (χ1n) is 7.33. The zero-order chi connectivity index (χ0) is 15.1. The smallest absolute Gasteiger partial charge is 0.262 e. The third-order valence-electron chi connectivity index (χ3n) is 3.60. The van der Waals surface area contributed by atoms with E-state index in [4.69, 9.17) is 9.84 Å². The molecule has 2 N–H and O–H groups in total. The minimum atomic E-state index is -0.0694. The first kappa shape index (κ1) is 16.0. The van der Waals surface area contributed by atoms with Gasteiger partial charge in [-0.3, -0.25) is 4.79 Å². The molecule has 2 atom stereocenters. The van der Waals surface area contributed by atoms with Gasteiger partial charge in [-0.25, -0.2) is 0 Å². The maximum atomic E-state index is 12.3. The van der Waals surface area contributed by atoms with Gasteiger partial charge in [0, 0.05) is 31.1 Å². The predicted molar refractivity (Wildman–Crippen MR) is 83.4 cm³/mol. The van der Waals surface area contributed by atoms with Gasteiger partial charge in [-0.05, 0) is 24.3 Å². The van der Waals surface area contributed by atoms with Crippen LogP contribution in [0.25, 0.3) is 0 Å². The van der Waals surface area contributed by atoms with Crippen LogP contribution in [-0.2, 0) is 4.74 Å². The summed E-state index contributed by atoms with van der Waals surface area (Å²) in [5, 5.41) is 13.6. The van der Waals surface area contributed by atoms with Crippen molar-refractivity contribution >= 4 is 17.2 Å². The van der Waals surface area contributed by atoms with Crippen molar-refractivity contribution in [3.8, 4) is 11.8 Å². The SMILES string of the molecule is CCC1OCCC1CNC(=O)c1sccc1C#CCCO. The molecular formula is C16H21NO3S. The van der Waals surface area contributed by atoms with Crippen LogP contribution in [-0.4, -0.2) is 36.9 Å². The zero-order valence-corrected chi connectivity index (χ0v) is 13.0. The molecule has 0 aliphatic carbocycles. The molecule has 1 aliphatic rings. The lowest BCUT2D eigenvalue weighted by Gasteiger charge is -2.17. The van der Waals surface area contributed by atoms with Gasteiger partial charge in [-0.1, -0.05) is 18.8 Å². The summed E-state index contributed by atoms with van der Waals surface area (Å²) >= 11 is 1.40. The van der Waals surface area contributed by atoms with Crippen LogP contribution in [0.3, 0.4) is 0 Å². The van der Waals surface area contributed by atoms with E-state index in [9.17, 15) is 4.79 Å². The molecule has 114 valence electrons. The Kier molecular flexibility index (Phi) is 6.24. The number of thiophene rings is 1. The molecule has 5 heteroatoms. The first-order chi connectivity index (χ1) is 10.3. The van der Waals surface area contributed by atoms with Crippen molar-refractivity contribution in [1.29, 1.82) is 0 Å². The molecule has 0 saturated carbocycles. The van der Waals surface area contributed by atoms with Crippen LogP contribution in [0.2, 0.25) is 0 Å². The van der Waals surface area contributed by atoms with Gasteiger partial charge in [0.15, 0.2) is 0 Å². The lowest BCUT2D eigenvalue weighted by Crippen LogP contribution is -2.32. The Morgan fingerprint density at radius 1 is 1.62 bits per heavy atom. The third-order valence-corrected chi connectivity index (χ3v) is 4.52. The van der Waals surface area contributed by atoms with Crippen LogP contribution in [0.15, 0.2) is 11.4 Å². The molecule has 21 heavy (non-hydrogen) atoms. The van der Waals surface area contributed by atoms with Crippen molar-refractivity contribution < 1.29 is 14.6 Å². The molecule has 2 heterocycles. The van der Waals surface area contributed by atoms with Crippen LogP contribution in [0.1, 0.15) is 41.4 Å². The Hall–Kier alpha value is -1.35. The summed E-state index contributed by atoms with van der Waals surface area (Å²) < 4.78 is 5.63. The molecular weight excluding hydrogens is 286 g/mol. The molecule has 1 aliphatic heterocycles. The second kappa shape index (κ2) is 8.18. The third kappa shape index (κ3) is 4.31. The van der Waals surface area contributed by atoms with E-state index in [2.05, 4.69) is 24.1 Å². The number of nitrogens with one attached hydrogen (secondary N) is 1. The minimum absolute atomic E-state index is 0.0404. The summed E-state index contributed by atoms with van der Waals surface area (Å²) in [5.41, 5.74) is 0.737. The number of carbonyl (C=O) groups excluding carboxylic acids is 1. The number of ether oxygens (including phenoxy) is 1. The van der Waals surface area contributed by atoms with Crippen LogP contribution in [0.5, 0.6) is 0 Å². The molecule has 0 radical (unpaired) electrons. The van der Waals surface area contributed by atoms with Crippen molar-refractivity contribution in [1.82, 2.24) is 5.32 Å². The molecule has 0 aromatic carbocycles. The Morgan fingerprint density at radius 2 is 2.48 bits per heavy atom. The van der Waals surface area contributed by atoms with E-state index >= 15 is 0 Å². The summed E-state index contributed by atoms with van der Waals surface area (Å²) in [5.74, 6) is 6.13. The zero-order valence-electron chi connectivity index (χ0n) is 12.2. The van der Waals surface area contributed by atoms with Crippen LogP contribution < -0.4 is 5.32 Å². The minimum Gasteiger partial charge on any atom is -0.395 e. The van der Waals surface area contributed by atoms with Gasteiger partial charge in [0.05, 0.1) is 12.7 Å². The number of hydrogen-bond acceptors (Lipinski definition) is 4. The summed E-state index contributed by atoms with van der Waals surface area (Å²) in [6, 6.07) is 1.84. The highest BCUT2D eigenvalue weighted by Gasteiger charge is 2.27. The Bertz CT molecular complexity index is 529. The molecule has 1 aromatic rings. The summed E-state index contributed by atoms with van der Waals surface area (Å²) in [6.45, 7) is 3.59. The molecule has 0 spiro atoms. The second-order valence-electron chi connectivity index (χ2n) is 5.02. The lowest BCUT2D eigenvalue weighted by molar-refractivity contribution is 0.0828. The molecule has 0 bridgehead atoms. The summed E-state index contributed by atoms with van der Waals surface area (Å²) in [4.78, 5) is 12.9. The maximum absolute atomic E-state index is 12.3. The molecule has 1 saturated heterocycles. The highest BCUT2D eigenvalue weighted by atomic mass is 32.1. The Morgan fingerprint density at radius 3 is 3.24 bits per heavy atom. The van der Waals surface area contributed by atoms with Gasteiger partial charge in [0.25, 0.3) is 5.91 Å². The highest BCUT2D eigenvalue weighted by molar-refractivity contribution is 7.12. The van der Waals surface area contributed by atoms with Crippen molar-refractivity contribution in [2.45, 2.75) is 32.3 Å². The fourth-order valence-electron chi connectivity index (χ4n) is 2.48. The number of aliphatic hydroxyl groups excluding tert-OH is 1. The molecule has 1 aromatic heterocycles. The van der Waals surface area contributed by atoms with Gasteiger partial charge in [0.1, 0.15) is 4.88 Å². The monoisotopic (exact) mass is 307 g/mol. The van der Waals surface area contributed by atoms with Gasteiger partial charge in [0.2, 0.25) is 0 Å². The second-order valence-corrected chi connectivity index (χ2v) is 5.93. The average molecular weight is 307 g/mol. The van der Waals surface area contributed by atoms with Gasteiger partial charge in [-0.2, -0.15) is 0 Å². The normalized spacial score (nSPS) is 20.9. The van der Waals surface area contributed by atoms with Gasteiger partial charge in [-0.15, -0.1) is 11.3 Å². The molecule has 1 fully saturated rings. The highest BCUT2D eigenvalue weighted by Crippen LogP contribution is 2.23.